The fraction of sp³-hybridized carbons (Fsp3) is 0.571. The van der Waals surface area contributed by atoms with Crippen molar-refractivity contribution in [3.05, 3.63) is 28.8 Å². The Morgan fingerprint density at radius 3 is 2.86 bits per heavy atom. The number of halogens is 1. The van der Waals surface area contributed by atoms with Crippen molar-refractivity contribution in [3.63, 3.8) is 0 Å². The zero-order valence-electron chi connectivity index (χ0n) is 12.4. The Bertz CT molecular complexity index is 606. The molecule has 1 heterocycles. The molecule has 0 amide bonds. The minimum Gasteiger partial charge on any atom is -0.399 e. The predicted molar refractivity (Wildman–Crippen MR) is 86.2 cm³/mol. The van der Waals surface area contributed by atoms with Gasteiger partial charge in [-0.1, -0.05) is 18.5 Å². The standard InChI is InChI=1S/C14H22ClN3O2S/c1-11-4-3-7-18(9-11)21(19,20)17(2)10-12-8-13(16)5-6-14(12)15/h5-6,8,11H,3-4,7,9-10,16H2,1-2H3. The number of nitrogens with zero attached hydrogens (tertiary/aromatic N) is 2. The molecule has 1 aromatic carbocycles. The first-order chi connectivity index (χ1) is 9.80. The van der Waals surface area contributed by atoms with Gasteiger partial charge in [0.05, 0.1) is 0 Å². The summed E-state index contributed by atoms with van der Waals surface area (Å²) in [7, 11) is -1.88. The molecule has 2 N–H and O–H groups in total. The van der Waals surface area contributed by atoms with E-state index in [1.807, 2.05) is 0 Å². The molecule has 21 heavy (non-hydrogen) atoms. The van der Waals surface area contributed by atoms with Crippen LogP contribution in [0.25, 0.3) is 0 Å². The van der Waals surface area contributed by atoms with E-state index in [1.54, 1.807) is 29.6 Å². The lowest BCUT2D eigenvalue weighted by atomic mass is 10.0. The molecule has 0 saturated carbocycles. The second kappa shape index (κ2) is 6.52. The van der Waals surface area contributed by atoms with Crippen molar-refractivity contribution in [2.24, 2.45) is 5.92 Å². The first-order valence-corrected chi connectivity index (χ1v) is 8.83. The van der Waals surface area contributed by atoms with E-state index in [1.165, 1.54) is 4.31 Å². The fourth-order valence-electron chi connectivity index (χ4n) is 2.59. The Morgan fingerprint density at radius 1 is 1.48 bits per heavy atom. The minimum atomic E-state index is -3.46. The second-order valence-corrected chi connectivity index (χ2v) is 8.16. The average Bonchev–Trinajstić information content (AvgIpc) is 2.42. The molecule has 1 aromatic rings. The summed E-state index contributed by atoms with van der Waals surface area (Å²) < 4.78 is 28.1. The van der Waals surface area contributed by atoms with Gasteiger partial charge in [-0.25, -0.2) is 0 Å². The second-order valence-electron chi connectivity index (χ2n) is 5.72. The molecule has 7 heteroatoms. The number of anilines is 1. The van der Waals surface area contributed by atoms with Crippen LogP contribution >= 0.6 is 11.6 Å². The monoisotopic (exact) mass is 331 g/mol. The molecular weight excluding hydrogens is 310 g/mol. The number of hydrogen-bond acceptors (Lipinski definition) is 3. The summed E-state index contributed by atoms with van der Waals surface area (Å²) >= 11 is 6.11. The van der Waals surface area contributed by atoms with Gasteiger partial charge in [0.25, 0.3) is 10.2 Å². The van der Waals surface area contributed by atoms with Crippen LogP contribution in [0.5, 0.6) is 0 Å². The van der Waals surface area contributed by atoms with E-state index in [-0.39, 0.29) is 6.54 Å². The van der Waals surface area contributed by atoms with Crippen molar-refractivity contribution in [2.75, 3.05) is 25.9 Å². The Morgan fingerprint density at radius 2 is 2.19 bits per heavy atom. The van der Waals surface area contributed by atoms with Crippen LogP contribution in [0.3, 0.4) is 0 Å². The highest BCUT2D eigenvalue weighted by atomic mass is 35.5. The summed E-state index contributed by atoms with van der Waals surface area (Å²) in [6, 6.07) is 5.11. The summed E-state index contributed by atoms with van der Waals surface area (Å²) in [6.45, 7) is 3.46. The minimum absolute atomic E-state index is 0.219. The van der Waals surface area contributed by atoms with Crippen LogP contribution in [0.1, 0.15) is 25.3 Å². The third kappa shape index (κ3) is 3.88. The topological polar surface area (TPSA) is 66.6 Å². The summed E-state index contributed by atoms with van der Waals surface area (Å²) in [5, 5.41) is 0.526. The lowest BCUT2D eigenvalue weighted by Gasteiger charge is -2.33. The third-order valence-corrected chi connectivity index (χ3v) is 6.07. The molecule has 1 fully saturated rings. The van der Waals surface area contributed by atoms with Crippen LogP contribution in [-0.4, -0.2) is 37.2 Å². The normalized spacial score (nSPS) is 20.9. The number of hydrogen-bond donors (Lipinski definition) is 1. The van der Waals surface area contributed by atoms with E-state index in [0.29, 0.717) is 35.3 Å². The third-order valence-electron chi connectivity index (χ3n) is 3.80. The van der Waals surface area contributed by atoms with Gasteiger partial charge in [-0.3, -0.25) is 0 Å². The average molecular weight is 332 g/mol. The van der Waals surface area contributed by atoms with Crippen LogP contribution in [0.2, 0.25) is 5.02 Å². The van der Waals surface area contributed by atoms with Gasteiger partial charge in [0.1, 0.15) is 0 Å². The van der Waals surface area contributed by atoms with Gasteiger partial charge in [-0.2, -0.15) is 17.0 Å². The van der Waals surface area contributed by atoms with Crippen molar-refractivity contribution >= 4 is 27.5 Å². The maximum Gasteiger partial charge on any atom is 0.282 e. The quantitative estimate of drug-likeness (QED) is 0.861. The summed E-state index contributed by atoms with van der Waals surface area (Å²) in [4.78, 5) is 0. The van der Waals surface area contributed by atoms with Gasteiger partial charge in [-0.15, -0.1) is 0 Å². The number of benzene rings is 1. The predicted octanol–water partition coefficient (Wildman–Crippen LogP) is 2.33. The van der Waals surface area contributed by atoms with Gasteiger partial charge in [-0.05, 0) is 42.5 Å². The molecule has 2 rings (SSSR count). The molecular formula is C14H22ClN3O2S. The number of nitrogens with two attached hydrogens (primary N) is 1. The van der Waals surface area contributed by atoms with E-state index in [0.717, 1.165) is 12.8 Å². The zero-order chi connectivity index (χ0) is 15.6. The van der Waals surface area contributed by atoms with Crippen molar-refractivity contribution in [3.8, 4) is 0 Å². The first kappa shape index (κ1) is 16.5. The Balaban J connectivity index is 2.14. The molecule has 0 aliphatic carbocycles. The van der Waals surface area contributed by atoms with E-state index >= 15 is 0 Å². The van der Waals surface area contributed by atoms with E-state index < -0.39 is 10.2 Å². The van der Waals surface area contributed by atoms with Crippen molar-refractivity contribution < 1.29 is 8.42 Å². The number of piperidine rings is 1. The summed E-state index contributed by atoms with van der Waals surface area (Å²) in [5.74, 6) is 0.401. The molecule has 0 bridgehead atoms. The lowest BCUT2D eigenvalue weighted by Crippen LogP contribution is -2.46. The maximum absolute atomic E-state index is 12.6. The van der Waals surface area contributed by atoms with Crippen molar-refractivity contribution in [2.45, 2.75) is 26.3 Å². The Kier molecular flexibility index (Phi) is 5.14. The van der Waals surface area contributed by atoms with E-state index in [2.05, 4.69) is 6.92 Å². The highest BCUT2D eigenvalue weighted by Gasteiger charge is 2.30. The Labute approximate surface area is 131 Å². The molecule has 0 radical (unpaired) electrons. The SMILES string of the molecule is CC1CCCN(S(=O)(=O)N(C)Cc2cc(N)ccc2Cl)C1. The molecule has 1 aliphatic heterocycles. The molecule has 1 saturated heterocycles. The van der Waals surface area contributed by atoms with Crippen LogP contribution in [0.15, 0.2) is 18.2 Å². The highest BCUT2D eigenvalue weighted by Crippen LogP contribution is 2.24. The van der Waals surface area contributed by atoms with Gasteiger partial charge >= 0.3 is 0 Å². The molecule has 0 spiro atoms. The Hall–Kier alpha value is -0.820. The van der Waals surface area contributed by atoms with Crippen LogP contribution in [0.4, 0.5) is 5.69 Å². The molecule has 1 atom stereocenters. The van der Waals surface area contributed by atoms with Gasteiger partial charge in [0.15, 0.2) is 0 Å². The van der Waals surface area contributed by atoms with E-state index in [4.69, 9.17) is 17.3 Å². The molecule has 5 nitrogen and oxygen atoms in total. The van der Waals surface area contributed by atoms with Crippen molar-refractivity contribution in [1.82, 2.24) is 8.61 Å². The molecule has 118 valence electrons. The van der Waals surface area contributed by atoms with E-state index in [9.17, 15) is 8.42 Å². The number of rotatable bonds is 4. The highest BCUT2D eigenvalue weighted by molar-refractivity contribution is 7.86. The largest absolute Gasteiger partial charge is 0.399 e. The number of nitrogen functional groups attached to an aromatic ring is 1. The van der Waals surface area contributed by atoms with Crippen LogP contribution < -0.4 is 5.73 Å². The molecule has 0 aromatic heterocycles. The van der Waals surface area contributed by atoms with Crippen molar-refractivity contribution in [1.29, 1.82) is 0 Å². The molecule has 1 aliphatic rings. The van der Waals surface area contributed by atoms with Crippen LogP contribution in [0, 0.1) is 5.92 Å². The lowest BCUT2D eigenvalue weighted by molar-refractivity contribution is 0.263. The zero-order valence-corrected chi connectivity index (χ0v) is 14.0. The van der Waals surface area contributed by atoms with Gasteiger partial charge in [0, 0.05) is 37.4 Å². The maximum atomic E-state index is 12.6. The smallest absolute Gasteiger partial charge is 0.282 e. The first-order valence-electron chi connectivity index (χ1n) is 7.06. The molecule has 1 unspecified atom stereocenters. The van der Waals surface area contributed by atoms with Gasteiger partial charge in [0.2, 0.25) is 0 Å². The summed E-state index contributed by atoms with van der Waals surface area (Å²) in [5.41, 5.74) is 7.03. The summed E-state index contributed by atoms with van der Waals surface area (Å²) in [6.07, 6.45) is 1.99. The fourth-order valence-corrected chi connectivity index (χ4v) is 4.27. The van der Waals surface area contributed by atoms with Crippen LogP contribution in [-0.2, 0) is 16.8 Å². The van der Waals surface area contributed by atoms with Gasteiger partial charge < -0.3 is 5.73 Å².